The highest BCUT2D eigenvalue weighted by Gasteiger charge is 2.19. The van der Waals surface area contributed by atoms with Gasteiger partial charge in [-0.05, 0) is 42.0 Å². The fraction of sp³-hybridized carbons (Fsp3) is 0.222. The molecular formula is C27H27ClFN5O4. The second kappa shape index (κ2) is 12.5. The van der Waals surface area contributed by atoms with Crippen molar-refractivity contribution in [3.05, 3.63) is 77.3 Å². The number of hydrazine groups is 1. The van der Waals surface area contributed by atoms with Crippen molar-refractivity contribution in [2.45, 2.75) is 20.0 Å². The Bertz CT molecular complexity index is 1440. The van der Waals surface area contributed by atoms with E-state index in [1.165, 1.54) is 18.5 Å². The molecule has 0 bridgehead atoms. The molecule has 0 saturated carbocycles. The van der Waals surface area contributed by atoms with Crippen LogP contribution in [-0.2, 0) is 16.1 Å². The minimum absolute atomic E-state index is 0.171. The maximum atomic E-state index is 13.4. The zero-order valence-electron chi connectivity index (χ0n) is 20.9. The molecule has 3 aromatic carbocycles. The van der Waals surface area contributed by atoms with Gasteiger partial charge in [0.15, 0.2) is 0 Å². The summed E-state index contributed by atoms with van der Waals surface area (Å²) in [5.74, 6) is 6.83. The lowest BCUT2D eigenvalue weighted by molar-refractivity contribution is -0.118. The van der Waals surface area contributed by atoms with Crippen LogP contribution in [0.5, 0.6) is 11.5 Å². The SMILES string of the molecule is CCC(=O)N(N)c1cc2c(Nc3ccc(OCc4cccc(F)c4)c(Cl)c3)ncnc2cc1OCCOC. The largest absolute Gasteiger partial charge is 0.489 e. The molecule has 0 fully saturated rings. The normalized spacial score (nSPS) is 10.9. The molecule has 0 aliphatic carbocycles. The average Bonchev–Trinajstić information content (AvgIpc) is 2.92. The number of ether oxygens (including phenoxy) is 3. The molecule has 0 atom stereocenters. The third kappa shape index (κ3) is 6.46. The fourth-order valence-electron chi connectivity index (χ4n) is 3.64. The van der Waals surface area contributed by atoms with E-state index in [1.54, 1.807) is 56.5 Å². The van der Waals surface area contributed by atoms with E-state index in [0.29, 0.717) is 56.8 Å². The lowest BCUT2D eigenvalue weighted by Crippen LogP contribution is -2.37. The molecule has 4 aromatic rings. The number of carbonyl (C=O) groups is 1. The third-order valence-electron chi connectivity index (χ3n) is 5.57. The van der Waals surface area contributed by atoms with Gasteiger partial charge in [-0.2, -0.15) is 0 Å². The summed E-state index contributed by atoms with van der Waals surface area (Å²) in [6, 6.07) is 14.7. The third-order valence-corrected chi connectivity index (χ3v) is 5.87. The van der Waals surface area contributed by atoms with Gasteiger partial charge in [0.1, 0.15) is 48.4 Å². The van der Waals surface area contributed by atoms with Crippen molar-refractivity contribution in [2.24, 2.45) is 5.84 Å². The van der Waals surface area contributed by atoms with Crippen molar-refractivity contribution in [2.75, 3.05) is 30.6 Å². The molecule has 1 heterocycles. The van der Waals surface area contributed by atoms with Crippen LogP contribution in [0, 0.1) is 5.82 Å². The van der Waals surface area contributed by atoms with Crippen molar-refractivity contribution in [1.29, 1.82) is 0 Å². The monoisotopic (exact) mass is 539 g/mol. The number of rotatable bonds is 11. The molecule has 3 N–H and O–H groups in total. The highest BCUT2D eigenvalue weighted by atomic mass is 35.5. The minimum atomic E-state index is -0.331. The Kier molecular flexibility index (Phi) is 8.90. The van der Waals surface area contributed by atoms with Gasteiger partial charge >= 0.3 is 0 Å². The number of hydrogen-bond donors (Lipinski definition) is 2. The zero-order valence-corrected chi connectivity index (χ0v) is 21.7. The number of amides is 1. The van der Waals surface area contributed by atoms with Crippen LogP contribution in [-0.4, -0.2) is 36.2 Å². The van der Waals surface area contributed by atoms with Crippen molar-refractivity contribution in [3.63, 3.8) is 0 Å². The Morgan fingerprint density at radius 1 is 1.08 bits per heavy atom. The number of nitrogens with two attached hydrogens (primary N) is 1. The summed E-state index contributed by atoms with van der Waals surface area (Å²) in [4.78, 5) is 21.1. The summed E-state index contributed by atoms with van der Waals surface area (Å²) < 4.78 is 30.1. The summed E-state index contributed by atoms with van der Waals surface area (Å²) in [7, 11) is 1.57. The number of nitrogens with zero attached hydrogens (tertiary/aromatic N) is 3. The van der Waals surface area contributed by atoms with Crippen LogP contribution in [0.1, 0.15) is 18.9 Å². The van der Waals surface area contributed by atoms with E-state index >= 15 is 0 Å². The Labute approximate surface area is 224 Å². The highest BCUT2D eigenvalue weighted by Crippen LogP contribution is 2.36. The van der Waals surface area contributed by atoms with E-state index < -0.39 is 0 Å². The summed E-state index contributed by atoms with van der Waals surface area (Å²) >= 11 is 6.45. The Balaban J connectivity index is 1.60. The Morgan fingerprint density at radius 3 is 2.66 bits per heavy atom. The predicted octanol–water partition coefficient (Wildman–Crippen LogP) is 5.39. The second-order valence-corrected chi connectivity index (χ2v) is 8.61. The molecule has 11 heteroatoms. The van der Waals surface area contributed by atoms with Crippen LogP contribution in [0.25, 0.3) is 10.9 Å². The first kappa shape index (κ1) is 27.1. The molecule has 38 heavy (non-hydrogen) atoms. The molecule has 0 unspecified atom stereocenters. The van der Waals surface area contributed by atoms with Crippen LogP contribution in [0.15, 0.2) is 60.9 Å². The average molecular weight is 540 g/mol. The van der Waals surface area contributed by atoms with Crippen LogP contribution in [0.2, 0.25) is 5.02 Å². The van der Waals surface area contributed by atoms with Gasteiger partial charge in [0.05, 0.1) is 17.1 Å². The number of benzene rings is 3. The second-order valence-electron chi connectivity index (χ2n) is 8.21. The fourth-order valence-corrected chi connectivity index (χ4v) is 3.87. The predicted molar refractivity (Wildman–Crippen MR) is 144 cm³/mol. The molecule has 0 aliphatic heterocycles. The number of halogens is 2. The Hall–Kier alpha value is -3.99. The van der Waals surface area contributed by atoms with Gasteiger partial charge < -0.3 is 19.5 Å². The molecule has 1 aromatic heterocycles. The highest BCUT2D eigenvalue weighted by molar-refractivity contribution is 6.32. The standard InChI is InChI=1S/C27H27ClFN5O4/c1-3-26(35)34(30)23-13-20-22(14-25(23)37-10-9-36-2)31-16-32-27(20)33-19-7-8-24(21(28)12-19)38-15-17-5-4-6-18(29)11-17/h4-8,11-14,16H,3,9-10,15,30H2,1-2H3,(H,31,32,33). The maximum Gasteiger partial charge on any atom is 0.241 e. The van der Waals surface area contributed by atoms with E-state index in [4.69, 9.17) is 31.7 Å². The van der Waals surface area contributed by atoms with E-state index in [0.717, 1.165) is 5.01 Å². The quantitative estimate of drug-likeness (QED) is 0.113. The summed E-state index contributed by atoms with van der Waals surface area (Å²) in [6.07, 6.45) is 1.63. The zero-order chi connectivity index (χ0) is 27.1. The van der Waals surface area contributed by atoms with Gasteiger partial charge in [-0.15, -0.1) is 0 Å². The van der Waals surface area contributed by atoms with Gasteiger partial charge in [0, 0.05) is 30.7 Å². The smallest absolute Gasteiger partial charge is 0.241 e. The summed E-state index contributed by atoms with van der Waals surface area (Å²) in [5.41, 5.74) is 2.28. The number of carbonyl (C=O) groups excluding carboxylic acids is 1. The number of nitrogens with one attached hydrogen (secondary N) is 1. The molecule has 0 radical (unpaired) electrons. The molecule has 1 amide bonds. The topological polar surface area (TPSA) is 112 Å². The van der Waals surface area contributed by atoms with Crippen molar-refractivity contribution in [1.82, 2.24) is 9.97 Å². The van der Waals surface area contributed by atoms with E-state index in [2.05, 4.69) is 15.3 Å². The first-order chi connectivity index (χ1) is 18.4. The molecule has 0 aliphatic rings. The van der Waals surface area contributed by atoms with Crippen LogP contribution in [0.4, 0.5) is 21.6 Å². The van der Waals surface area contributed by atoms with E-state index in [1.807, 2.05) is 0 Å². The van der Waals surface area contributed by atoms with Crippen LogP contribution in [0.3, 0.4) is 0 Å². The maximum absolute atomic E-state index is 13.4. The van der Waals surface area contributed by atoms with Crippen molar-refractivity contribution in [3.8, 4) is 11.5 Å². The van der Waals surface area contributed by atoms with Crippen LogP contribution < -0.4 is 25.6 Å². The molecule has 0 spiro atoms. The van der Waals surface area contributed by atoms with Gasteiger partial charge in [0.2, 0.25) is 5.91 Å². The number of hydrogen-bond acceptors (Lipinski definition) is 8. The molecule has 198 valence electrons. The number of aromatic nitrogens is 2. The van der Waals surface area contributed by atoms with Crippen molar-refractivity contribution >= 4 is 45.6 Å². The van der Waals surface area contributed by atoms with Gasteiger partial charge in [-0.3, -0.25) is 4.79 Å². The van der Waals surface area contributed by atoms with Gasteiger partial charge in [0.25, 0.3) is 0 Å². The first-order valence-electron chi connectivity index (χ1n) is 11.8. The van der Waals surface area contributed by atoms with Crippen LogP contribution >= 0.6 is 11.6 Å². The molecule has 9 nitrogen and oxygen atoms in total. The number of fused-ring (bicyclic) bond motifs is 1. The number of anilines is 3. The van der Waals surface area contributed by atoms with E-state index in [-0.39, 0.29) is 31.4 Å². The van der Waals surface area contributed by atoms with Crippen molar-refractivity contribution < 1.29 is 23.4 Å². The minimum Gasteiger partial charge on any atom is -0.489 e. The van der Waals surface area contributed by atoms with E-state index in [9.17, 15) is 9.18 Å². The summed E-state index contributed by atoms with van der Waals surface area (Å²) in [6.45, 7) is 2.53. The van der Waals surface area contributed by atoms with Gasteiger partial charge in [-0.25, -0.2) is 25.2 Å². The first-order valence-corrected chi connectivity index (χ1v) is 12.2. The molecule has 0 saturated heterocycles. The lowest BCUT2D eigenvalue weighted by Gasteiger charge is -2.21. The summed E-state index contributed by atoms with van der Waals surface area (Å²) in [5, 5.41) is 5.26. The molecular weight excluding hydrogens is 513 g/mol. The number of methoxy groups -OCH3 is 1. The lowest BCUT2D eigenvalue weighted by atomic mass is 10.1. The Morgan fingerprint density at radius 2 is 1.92 bits per heavy atom. The van der Waals surface area contributed by atoms with Gasteiger partial charge in [-0.1, -0.05) is 30.7 Å². The molecule has 4 rings (SSSR count).